The highest BCUT2D eigenvalue weighted by atomic mass is 127. The Labute approximate surface area is 178 Å². The summed E-state index contributed by atoms with van der Waals surface area (Å²) in [5.74, 6) is 2.51. The number of hydrogen-bond donors (Lipinski definition) is 1. The van der Waals surface area contributed by atoms with E-state index in [0.717, 1.165) is 30.5 Å². The molecule has 1 aliphatic heterocycles. The number of nitrogens with one attached hydrogen (secondary N) is 1. The van der Waals surface area contributed by atoms with Crippen LogP contribution in [0.2, 0.25) is 0 Å². The van der Waals surface area contributed by atoms with Gasteiger partial charge in [0.05, 0.1) is 6.54 Å². The molecule has 1 N–H and O–H groups in total. The maximum atomic E-state index is 5.51. The number of hydrogen-bond acceptors (Lipinski definition) is 3. The molecular formula is C20H29IN4O2. The fourth-order valence-electron chi connectivity index (χ4n) is 3.08. The Morgan fingerprint density at radius 3 is 2.67 bits per heavy atom. The van der Waals surface area contributed by atoms with Crippen molar-refractivity contribution in [3.8, 4) is 11.5 Å². The fraction of sp³-hybridized carbons (Fsp3) is 0.450. The molecule has 0 atom stereocenters. The lowest BCUT2D eigenvalue weighted by Crippen LogP contribution is -2.44. The third kappa shape index (κ3) is 4.88. The Kier molecular flexibility index (Phi) is 7.02. The lowest BCUT2D eigenvalue weighted by molar-refractivity contribution is 0.174. The molecule has 0 saturated carbocycles. The van der Waals surface area contributed by atoms with E-state index < -0.39 is 0 Å². The second-order valence-electron chi connectivity index (χ2n) is 7.32. The van der Waals surface area contributed by atoms with E-state index in [1.807, 2.05) is 13.1 Å². The number of aryl methyl sites for hydroxylation is 1. The van der Waals surface area contributed by atoms with Crippen molar-refractivity contribution in [1.82, 2.24) is 14.8 Å². The number of fused-ring (bicyclic) bond motifs is 1. The zero-order valence-corrected chi connectivity index (χ0v) is 19.0. The van der Waals surface area contributed by atoms with Crippen LogP contribution < -0.4 is 14.8 Å². The number of halogens is 1. The molecule has 0 unspecified atom stereocenters. The zero-order valence-electron chi connectivity index (χ0n) is 16.7. The van der Waals surface area contributed by atoms with Gasteiger partial charge in [-0.2, -0.15) is 0 Å². The molecule has 148 valence electrons. The molecule has 1 aromatic heterocycles. The molecule has 27 heavy (non-hydrogen) atoms. The van der Waals surface area contributed by atoms with Crippen LogP contribution in [0.3, 0.4) is 0 Å². The zero-order chi connectivity index (χ0) is 18.7. The van der Waals surface area contributed by atoms with Crippen LogP contribution in [0, 0.1) is 0 Å². The maximum Gasteiger partial charge on any atom is 0.231 e. The lowest BCUT2D eigenvalue weighted by Gasteiger charge is -2.29. The van der Waals surface area contributed by atoms with Gasteiger partial charge >= 0.3 is 0 Å². The first-order chi connectivity index (χ1) is 12.4. The Bertz CT molecular complexity index is 801. The monoisotopic (exact) mass is 484 g/mol. The predicted octanol–water partition coefficient (Wildman–Crippen LogP) is 3.36. The van der Waals surface area contributed by atoms with Crippen LogP contribution >= 0.6 is 24.0 Å². The highest BCUT2D eigenvalue weighted by Crippen LogP contribution is 2.36. The van der Waals surface area contributed by atoms with E-state index in [-0.39, 0.29) is 29.4 Å². The summed E-state index contributed by atoms with van der Waals surface area (Å²) in [6, 6.07) is 10.3. The predicted molar refractivity (Wildman–Crippen MR) is 119 cm³/mol. The molecule has 0 saturated heterocycles. The first-order valence-electron chi connectivity index (χ1n) is 8.83. The molecule has 0 amide bonds. The largest absolute Gasteiger partial charge is 0.454 e. The SMILES string of the molecule is CN=C(NCC(C)(C)c1ccc2c(c1)OCO2)N(C)Cc1cccn1C.I. The number of ether oxygens (including phenoxy) is 2. The van der Waals surface area contributed by atoms with Gasteiger partial charge in [0.25, 0.3) is 0 Å². The van der Waals surface area contributed by atoms with Gasteiger partial charge in [0.2, 0.25) is 6.79 Å². The van der Waals surface area contributed by atoms with Crippen molar-refractivity contribution in [3.63, 3.8) is 0 Å². The molecule has 0 aliphatic carbocycles. The highest BCUT2D eigenvalue weighted by molar-refractivity contribution is 14.0. The second-order valence-corrected chi connectivity index (χ2v) is 7.32. The van der Waals surface area contributed by atoms with Crippen molar-refractivity contribution < 1.29 is 9.47 Å². The molecule has 6 nitrogen and oxygen atoms in total. The molecule has 0 spiro atoms. The minimum absolute atomic E-state index is 0. The van der Waals surface area contributed by atoms with Crippen LogP contribution in [-0.2, 0) is 19.0 Å². The van der Waals surface area contributed by atoms with Gasteiger partial charge in [-0.05, 0) is 29.8 Å². The van der Waals surface area contributed by atoms with Crippen molar-refractivity contribution in [2.45, 2.75) is 25.8 Å². The quantitative estimate of drug-likeness (QED) is 0.402. The molecule has 1 aliphatic rings. The lowest BCUT2D eigenvalue weighted by atomic mass is 9.84. The summed E-state index contributed by atoms with van der Waals surface area (Å²) < 4.78 is 13.0. The van der Waals surface area contributed by atoms with Crippen LogP contribution in [0.5, 0.6) is 11.5 Å². The Morgan fingerprint density at radius 1 is 1.26 bits per heavy atom. The van der Waals surface area contributed by atoms with E-state index in [1.54, 1.807) is 0 Å². The summed E-state index contributed by atoms with van der Waals surface area (Å²) in [6.07, 6.45) is 2.06. The van der Waals surface area contributed by atoms with E-state index in [2.05, 4.69) is 78.2 Å². The smallest absolute Gasteiger partial charge is 0.231 e. The van der Waals surface area contributed by atoms with Gasteiger partial charge in [-0.1, -0.05) is 19.9 Å². The highest BCUT2D eigenvalue weighted by Gasteiger charge is 2.25. The standard InChI is InChI=1S/C20H28N4O2.HI/c1-20(2,15-8-9-17-18(11-15)26-14-25-17)13-22-19(21-3)24(5)12-16-7-6-10-23(16)4;/h6-11H,12-14H2,1-5H3,(H,21,22);1H. The van der Waals surface area contributed by atoms with Crippen LogP contribution in [0.25, 0.3) is 0 Å². The number of guanidine groups is 1. The van der Waals surface area contributed by atoms with Crippen molar-refractivity contribution in [2.24, 2.45) is 12.0 Å². The van der Waals surface area contributed by atoms with Crippen molar-refractivity contribution in [2.75, 3.05) is 27.4 Å². The maximum absolute atomic E-state index is 5.51. The number of rotatable bonds is 5. The van der Waals surface area contributed by atoms with Gasteiger partial charge in [0.1, 0.15) is 0 Å². The molecule has 3 rings (SSSR count). The first-order valence-corrected chi connectivity index (χ1v) is 8.83. The van der Waals surface area contributed by atoms with E-state index >= 15 is 0 Å². The van der Waals surface area contributed by atoms with E-state index in [0.29, 0.717) is 6.79 Å². The first kappa shape index (κ1) is 21.4. The van der Waals surface area contributed by atoms with Gasteiger partial charge in [0.15, 0.2) is 17.5 Å². The molecule has 0 bridgehead atoms. The molecule has 2 heterocycles. The average molecular weight is 484 g/mol. The number of nitrogens with zero attached hydrogens (tertiary/aromatic N) is 3. The van der Waals surface area contributed by atoms with E-state index in [1.165, 1.54) is 11.3 Å². The van der Waals surface area contributed by atoms with Crippen molar-refractivity contribution in [1.29, 1.82) is 0 Å². The van der Waals surface area contributed by atoms with Crippen molar-refractivity contribution in [3.05, 3.63) is 47.8 Å². The topological polar surface area (TPSA) is 51.0 Å². The Hall–Kier alpha value is -1.90. The minimum Gasteiger partial charge on any atom is -0.454 e. The summed E-state index contributed by atoms with van der Waals surface area (Å²) in [7, 11) is 5.93. The molecule has 0 fully saturated rings. The van der Waals surface area contributed by atoms with Crippen molar-refractivity contribution >= 4 is 29.9 Å². The van der Waals surface area contributed by atoms with Gasteiger partial charge in [-0.3, -0.25) is 4.99 Å². The van der Waals surface area contributed by atoms with Crippen LogP contribution in [0.4, 0.5) is 0 Å². The van der Waals surface area contributed by atoms with Gasteiger partial charge in [-0.15, -0.1) is 24.0 Å². The normalized spacial score (nSPS) is 13.3. The van der Waals surface area contributed by atoms with Gasteiger partial charge in [0, 0.05) is 45.0 Å². The number of aliphatic imine (C=N–C) groups is 1. The molecule has 1 aromatic carbocycles. The third-order valence-electron chi connectivity index (χ3n) is 4.87. The van der Waals surface area contributed by atoms with E-state index in [9.17, 15) is 0 Å². The summed E-state index contributed by atoms with van der Waals surface area (Å²) in [5, 5.41) is 3.50. The van der Waals surface area contributed by atoms with Crippen LogP contribution in [0.15, 0.2) is 41.5 Å². The summed E-state index contributed by atoms with van der Waals surface area (Å²) in [5.41, 5.74) is 2.36. The second kappa shape index (κ2) is 8.86. The third-order valence-corrected chi connectivity index (χ3v) is 4.87. The summed E-state index contributed by atoms with van der Waals surface area (Å²) in [4.78, 5) is 6.56. The Morgan fingerprint density at radius 2 is 2.00 bits per heavy atom. The molecule has 2 aromatic rings. The number of benzene rings is 1. The molecule has 0 radical (unpaired) electrons. The number of aromatic nitrogens is 1. The molecule has 7 heteroatoms. The van der Waals surface area contributed by atoms with Gasteiger partial charge in [-0.25, -0.2) is 0 Å². The molecular weight excluding hydrogens is 455 g/mol. The fourth-order valence-corrected chi connectivity index (χ4v) is 3.08. The Balaban J connectivity index is 0.00000261. The minimum atomic E-state index is -0.0806. The van der Waals surface area contributed by atoms with Crippen LogP contribution in [0.1, 0.15) is 25.1 Å². The summed E-state index contributed by atoms with van der Waals surface area (Å²) in [6.45, 7) is 6.28. The average Bonchev–Trinajstić information content (AvgIpc) is 3.23. The van der Waals surface area contributed by atoms with Gasteiger partial charge < -0.3 is 24.3 Å². The van der Waals surface area contributed by atoms with E-state index in [4.69, 9.17) is 9.47 Å². The van der Waals surface area contributed by atoms with Crippen LogP contribution in [-0.4, -0.2) is 42.9 Å². The summed E-state index contributed by atoms with van der Waals surface area (Å²) >= 11 is 0.